The average Bonchev–Trinajstić information content (AvgIpc) is 2.79. The molecule has 0 aliphatic carbocycles. The van der Waals surface area contributed by atoms with E-state index in [1.54, 1.807) is 24.3 Å². The average molecular weight is 437 g/mol. The molecule has 5 nitrogen and oxygen atoms in total. The van der Waals surface area contributed by atoms with E-state index in [1.807, 2.05) is 43.3 Å². The second-order valence-corrected chi connectivity index (χ2v) is 9.39. The Kier molecular flexibility index (Phi) is 7.60. The molecule has 0 aliphatic heterocycles. The third kappa shape index (κ3) is 6.03. The maximum absolute atomic E-state index is 12.6. The molecule has 0 spiro atoms. The van der Waals surface area contributed by atoms with Gasteiger partial charge in [0.05, 0.1) is 4.90 Å². The molecule has 0 heterocycles. The zero-order chi connectivity index (χ0) is 22.3. The van der Waals surface area contributed by atoms with Gasteiger partial charge < -0.3 is 5.32 Å². The first-order valence-corrected chi connectivity index (χ1v) is 11.8. The topological polar surface area (TPSA) is 75.3 Å². The van der Waals surface area contributed by atoms with E-state index in [9.17, 15) is 13.2 Å². The number of hydrogen-bond acceptors (Lipinski definition) is 3. The highest BCUT2D eigenvalue weighted by Crippen LogP contribution is 2.28. The van der Waals surface area contributed by atoms with Crippen LogP contribution in [-0.4, -0.2) is 27.4 Å². The molecular weight excluding hydrogens is 408 g/mol. The van der Waals surface area contributed by atoms with Gasteiger partial charge in [0.25, 0.3) is 0 Å². The van der Waals surface area contributed by atoms with Crippen molar-refractivity contribution in [2.75, 3.05) is 7.05 Å². The number of amides is 1. The van der Waals surface area contributed by atoms with Crippen molar-refractivity contribution in [3.63, 3.8) is 0 Å². The molecule has 2 N–H and O–H groups in total. The predicted octanol–water partition coefficient (Wildman–Crippen LogP) is 3.86. The fraction of sp³-hybridized carbons (Fsp3) is 0.240. The van der Waals surface area contributed by atoms with Crippen LogP contribution in [-0.2, 0) is 21.2 Å². The van der Waals surface area contributed by atoms with Crippen LogP contribution in [0.1, 0.15) is 36.0 Å². The molecule has 0 radical (unpaired) electrons. The summed E-state index contributed by atoms with van der Waals surface area (Å²) >= 11 is 0. The third-order valence-corrected chi connectivity index (χ3v) is 6.78. The molecule has 0 aromatic heterocycles. The van der Waals surface area contributed by atoms with Gasteiger partial charge in [-0.3, -0.25) is 4.79 Å². The van der Waals surface area contributed by atoms with Crippen molar-refractivity contribution in [2.45, 2.75) is 36.6 Å². The molecule has 1 unspecified atom stereocenters. The SMILES string of the molecule is CNS(=O)(=O)c1ccc(CCC(=O)NC(C)C(c2ccccc2)c2ccccc2)cc1. The summed E-state index contributed by atoms with van der Waals surface area (Å²) in [4.78, 5) is 12.9. The zero-order valence-electron chi connectivity index (χ0n) is 17.8. The molecule has 0 bridgehead atoms. The predicted molar refractivity (Wildman–Crippen MR) is 123 cm³/mol. The number of aryl methyl sites for hydroxylation is 1. The van der Waals surface area contributed by atoms with Crippen molar-refractivity contribution >= 4 is 15.9 Å². The highest BCUT2D eigenvalue weighted by molar-refractivity contribution is 7.89. The number of sulfonamides is 1. The Labute approximate surface area is 184 Å². The van der Waals surface area contributed by atoms with E-state index in [2.05, 4.69) is 34.3 Å². The molecule has 0 aliphatic rings. The first-order chi connectivity index (χ1) is 14.9. The summed E-state index contributed by atoms with van der Waals surface area (Å²) in [5, 5.41) is 3.15. The van der Waals surface area contributed by atoms with Crippen molar-refractivity contribution in [2.24, 2.45) is 0 Å². The van der Waals surface area contributed by atoms with Crippen LogP contribution >= 0.6 is 0 Å². The number of rotatable bonds is 9. The van der Waals surface area contributed by atoms with Gasteiger partial charge in [-0.15, -0.1) is 0 Å². The zero-order valence-corrected chi connectivity index (χ0v) is 18.6. The molecule has 3 aromatic carbocycles. The standard InChI is InChI=1S/C25H28N2O3S/c1-19(25(21-9-5-3-6-10-21)22-11-7-4-8-12-22)27-24(28)18-15-20-13-16-23(17-14-20)31(29,30)26-2/h3-14,16-17,19,25-26H,15,18H2,1-2H3,(H,27,28). The van der Waals surface area contributed by atoms with Crippen LogP contribution in [0.5, 0.6) is 0 Å². The Hall–Kier alpha value is -2.96. The molecule has 31 heavy (non-hydrogen) atoms. The number of benzene rings is 3. The van der Waals surface area contributed by atoms with E-state index in [-0.39, 0.29) is 22.8 Å². The van der Waals surface area contributed by atoms with E-state index in [1.165, 1.54) is 7.05 Å². The third-order valence-electron chi connectivity index (χ3n) is 5.35. The lowest BCUT2D eigenvalue weighted by molar-refractivity contribution is -0.121. The summed E-state index contributed by atoms with van der Waals surface area (Å²) in [5.41, 5.74) is 3.23. The minimum absolute atomic E-state index is 0.0312. The van der Waals surface area contributed by atoms with Crippen molar-refractivity contribution < 1.29 is 13.2 Å². The maximum Gasteiger partial charge on any atom is 0.240 e. The van der Waals surface area contributed by atoms with Gasteiger partial charge in [-0.25, -0.2) is 13.1 Å². The molecule has 6 heteroatoms. The number of nitrogens with one attached hydrogen (secondary N) is 2. The number of carbonyl (C=O) groups is 1. The van der Waals surface area contributed by atoms with E-state index < -0.39 is 10.0 Å². The Morgan fingerprint density at radius 3 is 1.84 bits per heavy atom. The molecular formula is C25H28N2O3S. The smallest absolute Gasteiger partial charge is 0.240 e. The molecule has 1 amide bonds. The van der Waals surface area contributed by atoms with Crippen molar-refractivity contribution in [1.29, 1.82) is 0 Å². The summed E-state index contributed by atoms with van der Waals surface area (Å²) in [6.07, 6.45) is 0.874. The minimum Gasteiger partial charge on any atom is -0.353 e. The van der Waals surface area contributed by atoms with Crippen molar-refractivity contribution in [1.82, 2.24) is 10.0 Å². The quantitative estimate of drug-likeness (QED) is 0.535. The van der Waals surface area contributed by atoms with Gasteiger partial charge in [0.2, 0.25) is 15.9 Å². The van der Waals surface area contributed by atoms with Gasteiger partial charge in [0.15, 0.2) is 0 Å². The second-order valence-electron chi connectivity index (χ2n) is 7.51. The fourth-order valence-electron chi connectivity index (χ4n) is 3.71. The maximum atomic E-state index is 12.6. The Morgan fingerprint density at radius 2 is 1.35 bits per heavy atom. The van der Waals surface area contributed by atoms with Gasteiger partial charge in [0, 0.05) is 18.4 Å². The fourth-order valence-corrected chi connectivity index (χ4v) is 4.44. The van der Waals surface area contributed by atoms with Crippen LogP contribution in [0.4, 0.5) is 0 Å². The summed E-state index contributed by atoms with van der Waals surface area (Å²) in [7, 11) is -2.07. The van der Waals surface area contributed by atoms with Gasteiger partial charge >= 0.3 is 0 Å². The van der Waals surface area contributed by atoms with Crippen LogP contribution in [0.15, 0.2) is 89.8 Å². The summed E-state index contributed by atoms with van der Waals surface area (Å²) in [6, 6.07) is 26.9. The molecule has 3 aromatic rings. The summed E-state index contributed by atoms with van der Waals surface area (Å²) in [6.45, 7) is 2.03. The minimum atomic E-state index is -3.45. The molecule has 0 saturated carbocycles. The first kappa shape index (κ1) is 22.7. The van der Waals surface area contributed by atoms with E-state index in [4.69, 9.17) is 0 Å². The molecule has 0 fully saturated rings. The van der Waals surface area contributed by atoms with Crippen LogP contribution in [0, 0.1) is 0 Å². The highest BCUT2D eigenvalue weighted by Gasteiger charge is 2.22. The van der Waals surface area contributed by atoms with E-state index >= 15 is 0 Å². The Balaban J connectivity index is 1.65. The number of hydrogen-bond donors (Lipinski definition) is 2. The van der Waals surface area contributed by atoms with Crippen molar-refractivity contribution in [3.8, 4) is 0 Å². The van der Waals surface area contributed by atoms with Crippen LogP contribution in [0.25, 0.3) is 0 Å². The molecule has 162 valence electrons. The normalized spacial score (nSPS) is 12.5. The lowest BCUT2D eigenvalue weighted by Crippen LogP contribution is -2.37. The van der Waals surface area contributed by atoms with Gasteiger partial charge in [-0.05, 0) is 49.2 Å². The molecule has 1 atom stereocenters. The Bertz CT molecular complexity index is 1040. The number of carbonyl (C=O) groups excluding carboxylic acids is 1. The van der Waals surface area contributed by atoms with Crippen molar-refractivity contribution in [3.05, 3.63) is 102 Å². The van der Waals surface area contributed by atoms with Gasteiger partial charge in [-0.2, -0.15) is 0 Å². The van der Waals surface area contributed by atoms with Crippen LogP contribution < -0.4 is 10.0 Å². The summed E-state index contributed by atoms with van der Waals surface area (Å²) < 4.78 is 25.9. The van der Waals surface area contributed by atoms with Gasteiger partial charge in [-0.1, -0.05) is 72.8 Å². The van der Waals surface area contributed by atoms with Crippen LogP contribution in [0.3, 0.4) is 0 Å². The van der Waals surface area contributed by atoms with E-state index in [0.29, 0.717) is 12.8 Å². The first-order valence-electron chi connectivity index (χ1n) is 10.3. The lowest BCUT2D eigenvalue weighted by atomic mass is 9.85. The largest absolute Gasteiger partial charge is 0.353 e. The molecule has 3 rings (SSSR count). The van der Waals surface area contributed by atoms with Crippen LogP contribution in [0.2, 0.25) is 0 Å². The molecule has 0 saturated heterocycles. The van der Waals surface area contributed by atoms with E-state index in [0.717, 1.165) is 16.7 Å². The summed E-state index contributed by atoms with van der Waals surface area (Å²) in [5.74, 6) is 0.0219. The second kappa shape index (κ2) is 10.4. The van der Waals surface area contributed by atoms with Gasteiger partial charge in [0.1, 0.15) is 0 Å². The Morgan fingerprint density at radius 1 is 0.839 bits per heavy atom. The highest BCUT2D eigenvalue weighted by atomic mass is 32.2. The lowest BCUT2D eigenvalue weighted by Gasteiger charge is -2.26. The monoisotopic (exact) mass is 436 g/mol.